The minimum absolute atomic E-state index is 0.531. The molecule has 2 aliphatic carbocycles. The summed E-state index contributed by atoms with van der Waals surface area (Å²) in [5, 5.41) is 0. The molecule has 2 aliphatic rings. The molecule has 0 heterocycles. The molecule has 2 saturated carbocycles. The summed E-state index contributed by atoms with van der Waals surface area (Å²) in [5.74, 6) is 2.62. The van der Waals surface area contributed by atoms with Crippen LogP contribution in [0.1, 0.15) is 82.6 Å². The van der Waals surface area contributed by atoms with Gasteiger partial charge in [-0.05, 0) is 61.8 Å². The van der Waals surface area contributed by atoms with Crippen molar-refractivity contribution in [2.24, 2.45) is 11.8 Å². The molecule has 0 unspecified atom stereocenters. The first kappa shape index (κ1) is 17.0. The molecule has 1 aromatic carbocycles. The summed E-state index contributed by atoms with van der Waals surface area (Å²) in [7, 11) is 0. The Morgan fingerprint density at radius 1 is 0.826 bits per heavy atom. The lowest BCUT2D eigenvalue weighted by molar-refractivity contribution is -0.00479. The number of hydrogen-bond donors (Lipinski definition) is 0. The van der Waals surface area contributed by atoms with Gasteiger partial charge in [0, 0.05) is 6.61 Å². The van der Waals surface area contributed by atoms with Crippen molar-refractivity contribution in [2.45, 2.75) is 83.2 Å². The molecule has 0 amide bonds. The van der Waals surface area contributed by atoms with E-state index in [1.807, 2.05) is 0 Å². The Balaban J connectivity index is 1.34. The summed E-state index contributed by atoms with van der Waals surface area (Å²) in [6.07, 6.45) is 14.2. The van der Waals surface area contributed by atoms with Gasteiger partial charge in [-0.25, -0.2) is 0 Å². The zero-order valence-corrected chi connectivity index (χ0v) is 14.9. The summed E-state index contributed by atoms with van der Waals surface area (Å²) in [6.45, 7) is 3.35. The topological polar surface area (TPSA) is 9.23 Å². The molecule has 23 heavy (non-hydrogen) atoms. The first-order valence-electron chi connectivity index (χ1n) is 10.0. The van der Waals surface area contributed by atoms with Gasteiger partial charge < -0.3 is 4.74 Å². The summed E-state index contributed by atoms with van der Waals surface area (Å²) in [4.78, 5) is 0. The van der Waals surface area contributed by atoms with Crippen molar-refractivity contribution in [2.75, 3.05) is 6.61 Å². The van der Waals surface area contributed by atoms with Crippen molar-refractivity contribution in [3.63, 3.8) is 0 Å². The van der Waals surface area contributed by atoms with Gasteiger partial charge in [-0.15, -0.1) is 0 Å². The molecule has 1 heteroatoms. The van der Waals surface area contributed by atoms with Crippen molar-refractivity contribution < 1.29 is 4.74 Å². The Labute approximate surface area is 142 Å². The minimum Gasteiger partial charge on any atom is -0.378 e. The predicted octanol–water partition coefficient (Wildman–Crippen LogP) is 6.34. The second-order valence-electron chi connectivity index (χ2n) is 7.89. The van der Waals surface area contributed by atoms with Crippen molar-refractivity contribution >= 4 is 0 Å². The van der Waals surface area contributed by atoms with E-state index in [9.17, 15) is 0 Å². The molecule has 0 radical (unpaired) electrons. The van der Waals surface area contributed by atoms with E-state index in [1.165, 1.54) is 69.8 Å². The van der Waals surface area contributed by atoms with E-state index in [4.69, 9.17) is 4.74 Å². The molecular formula is C22H34O. The fourth-order valence-corrected chi connectivity index (χ4v) is 4.66. The van der Waals surface area contributed by atoms with E-state index in [-0.39, 0.29) is 0 Å². The number of benzene rings is 1. The summed E-state index contributed by atoms with van der Waals surface area (Å²) in [6, 6.07) is 11.0. The maximum absolute atomic E-state index is 6.30. The molecular weight excluding hydrogens is 280 g/mol. The van der Waals surface area contributed by atoms with Crippen LogP contribution in [0.2, 0.25) is 0 Å². The molecule has 0 bridgehead atoms. The van der Waals surface area contributed by atoms with E-state index >= 15 is 0 Å². The van der Waals surface area contributed by atoms with Crippen LogP contribution in [0, 0.1) is 11.8 Å². The van der Waals surface area contributed by atoms with Crippen LogP contribution in [-0.2, 0) is 4.74 Å². The van der Waals surface area contributed by atoms with Gasteiger partial charge in [-0.1, -0.05) is 62.9 Å². The normalized spacial score (nSPS) is 31.9. The monoisotopic (exact) mass is 314 g/mol. The molecule has 2 fully saturated rings. The average molecular weight is 315 g/mol. The van der Waals surface area contributed by atoms with Crippen LogP contribution in [0.4, 0.5) is 0 Å². The van der Waals surface area contributed by atoms with Gasteiger partial charge in [-0.3, -0.25) is 0 Å². The van der Waals surface area contributed by atoms with Gasteiger partial charge in [0.25, 0.3) is 0 Å². The van der Waals surface area contributed by atoms with Crippen molar-refractivity contribution in [1.82, 2.24) is 0 Å². The van der Waals surface area contributed by atoms with Crippen LogP contribution >= 0.6 is 0 Å². The lowest BCUT2D eigenvalue weighted by Gasteiger charge is -2.32. The fourth-order valence-electron chi connectivity index (χ4n) is 4.66. The van der Waals surface area contributed by atoms with Crippen LogP contribution in [0.3, 0.4) is 0 Å². The van der Waals surface area contributed by atoms with Crippen LogP contribution in [0.5, 0.6) is 0 Å². The van der Waals surface area contributed by atoms with E-state index in [1.54, 1.807) is 0 Å². The van der Waals surface area contributed by atoms with E-state index < -0.39 is 0 Å². The highest BCUT2D eigenvalue weighted by atomic mass is 16.5. The van der Waals surface area contributed by atoms with Gasteiger partial charge in [-0.2, -0.15) is 0 Å². The lowest BCUT2D eigenvalue weighted by Crippen LogP contribution is -2.25. The average Bonchev–Trinajstić information content (AvgIpc) is 2.63. The second kappa shape index (κ2) is 8.87. The summed E-state index contributed by atoms with van der Waals surface area (Å²) < 4.78 is 6.30. The molecule has 0 spiro atoms. The first-order valence-corrected chi connectivity index (χ1v) is 10.0. The third-order valence-corrected chi connectivity index (χ3v) is 6.18. The van der Waals surface area contributed by atoms with Crippen LogP contribution < -0.4 is 0 Å². The summed E-state index contributed by atoms with van der Waals surface area (Å²) in [5.41, 5.74) is 1.53. The molecule has 0 atom stereocenters. The van der Waals surface area contributed by atoms with Crippen molar-refractivity contribution in [3.05, 3.63) is 35.9 Å². The van der Waals surface area contributed by atoms with Crippen LogP contribution in [0.25, 0.3) is 0 Å². The largest absolute Gasteiger partial charge is 0.378 e. The molecule has 3 rings (SSSR count). The minimum atomic E-state index is 0.531. The van der Waals surface area contributed by atoms with E-state index in [0.717, 1.165) is 24.4 Å². The SMILES string of the molecule is CCCC1CCC(COC2CCC(c3ccccc3)CC2)CC1. The van der Waals surface area contributed by atoms with Crippen molar-refractivity contribution in [3.8, 4) is 0 Å². The zero-order valence-electron chi connectivity index (χ0n) is 14.9. The van der Waals surface area contributed by atoms with Gasteiger partial charge >= 0.3 is 0 Å². The van der Waals surface area contributed by atoms with Gasteiger partial charge in [0.05, 0.1) is 6.10 Å². The number of hydrogen-bond acceptors (Lipinski definition) is 1. The maximum atomic E-state index is 6.30. The van der Waals surface area contributed by atoms with E-state index in [2.05, 4.69) is 37.3 Å². The molecule has 0 N–H and O–H groups in total. The van der Waals surface area contributed by atoms with Gasteiger partial charge in [0.1, 0.15) is 0 Å². The molecule has 128 valence electrons. The maximum Gasteiger partial charge on any atom is 0.0575 e. The first-order chi connectivity index (χ1) is 11.3. The summed E-state index contributed by atoms with van der Waals surface area (Å²) >= 11 is 0. The molecule has 1 nitrogen and oxygen atoms in total. The standard InChI is InChI=1S/C22H34O/c1-2-6-18-9-11-19(12-10-18)17-23-22-15-13-21(14-16-22)20-7-4-3-5-8-20/h3-5,7-8,18-19,21-22H,2,6,9-17H2,1H3. The lowest BCUT2D eigenvalue weighted by atomic mass is 9.80. The highest BCUT2D eigenvalue weighted by molar-refractivity contribution is 5.19. The molecule has 1 aromatic rings. The Kier molecular flexibility index (Phi) is 6.56. The molecule has 0 saturated heterocycles. The van der Waals surface area contributed by atoms with Crippen LogP contribution in [-0.4, -0.2) is 12.7 Å². The Morgan fingerprint density at radius 2 is 1.48 bits per heavy atom. The third kappa shape index (κ3) is 5.08. The highest BCUT2D eigenvalue weighted by Gasteiger charge is 2.25. The Hall–Kier alpha value is -0.820. The number of ether oxygens (including phenoxy) is 1. The predicted molar refractivity (Wildman–Crippen MR) is 97.7 cm³/mol. The van der Waals surface area contributed by atoms with Crippen LogP contribution in [0.15, 0.2) is 30.3 Å². The third-order valence-electron chi connectivity index (χ3n) is 6.18. The Morgan fingerprint density at radius 3 is 2.13 bits per heavy atom. The Bertz CT molecular complexity index is 425. The smallest absolute Gasteiger partial charge is 0.0575 e. The van der Waals surface area contributed by atoms with Gasteiger partial charge in [0.2, 0.25) is 0 Å². The van der Waals surface area contributed by atoms with Gasteiger partial charge in [0.15, 0.2) is 0 Å². The zero-order chi connectivity index (χ0) is 15.9. The van der Waals surface area contributed by atoms with E-state index in [0.29, 0.717) is 6.10 Å². The van der Waals surface area contributed by atoms with Crippen molar-refractivity contribution in [1.29, 1.82) is 0 Å². The highest BCUT2D eigenvalue weighted by Crippen LogP contribution is 2.35. The second-order valence-corrected chi connectivity index (χ2v) is 7.89. The fraction of sp³-hybridized carbons (Fsp3) is 0.727. The molecule has 0 aromatic heterocycles. The molecule has 0 aliphatic heterocycles. The quantitative estimate of drug-likeness (QED) is 0.595. The number of rotatable bonds is 6.